The van der Waals surface area contributed by atoms with Crippen molar-refractivity contribution in [1.29, 1.82) is 0 Å². The monoisotopic (exact) mass is 330 g/mol. The second kappa shape index (κ2) is 5.97. The first-order chi connectivity index (χ1) is 8.61. The molecule has 0 bridgehead atoms. The normalized spacial score (nSPS) is 16.3. The molecule has 0 aromatic heterocycles. The molecule has 0 heterocycles. The largest absolute Gasteiger partial charge is 0.466 e. The van der Waals surface area contributed by atoms with Gasteiger partial charge in [-0.25, -0.2) is 0 Å². The van der Waals surface area contributed by atoms with Gasteiger partial charge < -0.3 is 4.74 Å². The Hall–Kier alpha value is -0.680. The van der Waals surface area contributed by atoms with Crippen LogP contribution in [0.4, 0.5) is 0 Å². The van der Waals surface area contributed by atoms with E-state index in [-0.39, 0.29) is 12.4 Å². The fourth-order valence-corrected chi connectivity index (χ4v) is 3.94. The molecule has 1 aromatic rings. The van der Waals surface area contributed by atoms with Gasteiger partial charge in [-0.3, -0.25) is 9.00 Å². The first-order valence-corrected chi connectivity index (χ1v) is 7.97. The van der Waals surface area contributed by atoms with E-state index in [0.29, 0.717) is 11.9 Å². The Kier molecular flexibility index (Phi) is 4.56. The summed E-state index contributed by atoms with van der Waals surface area (Å²) in [6, 6.07) is 5.54. The summed E-state index contributed by atoms with van der Waals surface area (Å²) in [5, 5.41) is 0.317. The van der Waals surface area contributed by atoms with E-state index < -0.39 is 10.8 Å². The molecule has 1 aromatic carbocycles. The number of benzene rings is 1. The summed E-state index contributed by atoms with van der Waals surface area (Å²) >= 11 is 3.43. The van der Waals surface area contributed by atoms with Gasteiger partial charge in [0, 0.05) is 9.72 Å². The molecular formula is C13H15BrO3S. The average molecular weight is 331 g/mol. The van der Waals surface area contributed by atoms with Crippen LogP contribution in [-0.2, 0) is 26.8 Å². The standard InChI is InChI=1S/C13H15BrO3S/c1-2-17-13(15)8-9-3-6-12(11(14)7-9)18(16)10-4-5-10/h3,6-7,10H,2,4-5,8H2,1H3. The molecule has 0 aliphatic heterocycles. The minimum atomic E-state index is -0.923. The van der Waals surface area contributed by atoms with Crippen molar-refractivity contribution in [2.75, 3.05) is 6.61 Å². The van der Waals surface area contributed by atoms with E-state index in [0.717, 1.165) is 27.8 Å². The van der Waals surface area contributed by atoms with E-state index in [1.54, 1.807) is 6.92 Å². The van der Waals surface area contributed by atoms with Gasteiger partial charge in [0.05, 0.1) is 28.7 Å². The number of carbonyl (C=O) groups is 1. The molecule has 1 unspecified atom stereocenters. The van der Waals surface area contributed by atoms with E-state index in [2.05, 4.69) is 15.9 Å². The van der Waals surface area contributed by atoms with E-state index in [4.69, 9.17) is 4.74 Å². The quantitative estimate of drug-likeness (QED) is 0.780. The third-order valence-corrected chi connectivity index (χ3v) is 5.48. The Morgan fingerprint density at radius 3 is 2.78 bits per heavy atom. The highest BCUT2D eigenvalue weighted by atomic mass is 79.9. The molecule has 3 nitrogen and oxygen atoms in total. The lowest BCUT2D eigenvalue weighted by atomic mass is 10.1. The van der Waals surface area contributed by atoms with Gasteiger partial charge in [0.25, 0.3) is 0 Å². The zero-order valence-corrected chi connectivity index (χ0v) is 12.6. The molecule has 0 saturated heterocycles. The summed E-state index contributed by atoms with van der Waals surface area (Å²) in [6.45, 7) is 2.18. The average Bonchev–Trinajstić information content (AvgIpc) is 3.12. The molecule has 5 heteroatoms. The van der Waals surface area contributed by atoms with Crippen LogP contribution >= 0.6 is 15.9 Å². The van der Waals surface area contributed by atoms with Gasteiger partial charge >= 0.3 is 5.97 Å². The van der Waals surface area contributed by atoms with Crippen LogP contribution in [0, 0.1) is 0 Å². The van der Waals surface area contributed by atoms with Crippen molar-refractivity contribution in [1.82, 2.24) is 0 Å². The van der Waals surface area contributed by atoms with Gasteiger partial charge in [-0.15, -0.1) is 0 Å². The SMILES string of the molecule is CCOC(=O)Cc1ccc(S(=O)C2CC2)c(Br)c1. The van der Waals surface area contributed by atoms with Crippen molar-refractivity contribution in [2.45, 2.75) is 36.3 Å². The maximum atomic E-state index is 12.1. The predicted molar refractivity (Wildman–Crippen MR) is 73.9 cm³/mol. The second-order valence-corrected chi connectivity index (χ2v) is 6.80. The number of rotatable bonds is 5. The third-order valence-electron chi connectivity index (χ3n) is 2.69. The van der Waals surface area contributed by atoms with Gasteiger partial charge in [0.1, 0.15) is 0 Å². The van der Waals surface area contributed by atoms with Crippen molar-refractivity contribution in [2.24, 2.45) is 0 Å². The minimum absolute atomic E-state index is 0.236. The van der Waals surface area contributed by atoms with Crippen LogP contribution in [0.25, 0.3) is 0 Å². The molecule has 1 atom stereocenters. The summed E-state index contributed by atoms with van der Waals surface area (Å²) in [4.78, 5) is 12.2. The minimum Gasteiger partial charge on any atom is -0.466 e. The summed E-state index contributed by atoms with van der Waals surface area (Å²) in [5.41, 5.74) is 0.872. The highest BCUT2D eigenvalue weighted by molar-refractivity contribution is 9.10. The Morgan fingerprint density at radius 2 is 2.22 bits per heavy atom. The maximum absolute atomic E-state index is 12.1. The highest BCUT2D eigenvalue weighted by Gasteiger charge is 2.30. The molecule has 98 valence electrons. The van der Waals surface area contributed by atoms with Crippen LogP contribution in [0.5, 0.6) is 0 Å². The Labute approximate surface area is 117 Å². The molecule has 1 aliphatic carbocycles. The molecule has 0 spiro atoms. The number of hydrogen-bond donors (Lipinski definition) is 0. The fourth-order valence-electron chi connectivity index (χ4n) is 1.66. The summed E-state index contributed by atoms with van der Waals surface area (Å²) in [7, 11) is -0.923. The van der Waals surface area contributed by atoms with Crippen molar-refractivity contribution in [3.8, 4) is 0 Å². The summed E-state index contributed by atoms with van der Waals surface area (Å²) < 4.78 is 17.8. The van der Waals surface area contributed by atoms with Crippen LogP contribution in [0.3, 0.4) is 0 Å². The Bertz CT molecular complexity index is 483. The molecule has 18 heavy (non-hydrogen) atoms. The number of carbonyl (C=O) groups excluding carboxylic acids is 1. The molecule has 0 amide bonds. The lowest BCUT2D eigenvalue weighted by molar-refractivity contribution is -0.142. The van der Waals surface area contributed by atoms with Gasteiger partial charge in [0.2, 0.25) is 0 Å². The molecular weight excluding hydrogens is 316 g/mol. The Balaban J connectivity index is 2.09. The predicted octanol–water partition coefficient (Wildman–Crippen LogP) is 2.82. The van der Waals surface area contributed by atoms with Crippen LogP contribution < -0.4 is 0 Å². The van der Waals surface area contributed by atoms with E-state index in [1.165, 1.54) is 0 Å². The van der Waals surface area contributed by atoms with E-state index >= 15 is 0 Å². The fraction of sp³-hybridized carbons (Fsp3) is 0.462. The lowest BCUT2D eigenvalue weighted by Crippen LogP contribution is -2.08. The zero-order chi connectivity index (χ0) is 13.1. The summed E-state index contributed by atoms with van der Waals surface area (Å²) in [5.74, 6) is -0.236. The molecule has 1 aliphatic rings. The van der Waals surface area contributed by atoms with E-state index in [9.17, 15) is 9.00 Å². The molecule has 0 N–H and O–H groups in total. The zero-order valence-electron chi connectivity index (χ0n) is 10.1. The number of esters is 1. The summed E-state index contributed by atoms with van der Waals surface area (Å²) in [6.07, 6.45) is 2.34. The van der Waals surface area contributed by atoms with Crippen LogP contribution in [0.1, 0.15) is 25.3 Å². The Morgan fingerprint density at radius 1 is 1.50 bits per heavy atom. The first-order valence-electron chi connectivity index (χ1n) is 5.96. The van der Waals surface area contributed by atoms with Crippen molar-refractivity contribution < 1.29 is 13.7 Å². The topological polar surface area (TPSA) is 43.4 Å². The lowest BCUT2D eigenvalue weighted by Gasteiger charge is -2.07. The first kappa shape index (κ1) is 13.7. The van der Waals surface area contributed by atoms with Gasteiger partial charge in [-0.1, -0.05) is 6.07 Å². The molecule has 1 fully saturated rings. The van der Waals surface area contributed by atoms with Crippen molar-refractivity contribution in [3.05, 3.63) is 28.2 Å². The van der Waals surface area contributed by atoms with Crippen LogP contribution in [0.2, 0.25) is 0 Å². The number of halogens is 1. The van der Waals surface area contributed by atoms with Crippen molar-refractivity contribution in [3.63, 3.8) is 0 Å². The second-order valence-electron chi connectivity index (χ2n) is 4.24. The maximum Gasteiger partial charge on any atom is 0.310 e. The van der Waals surface area contributed by atoms with Crippen molar-refractivity contribution >= 4 is 32.7 Å². The van der Waals surface area contributed by atoms with Gasteiger partial charge in [0.15, 0.2) is 0 Å². The molecule has 0 radical (unpaired) electrons. The smallest absolute Gasteiger partial charge is 0.310 e. The molecule has 1 saturated carbocycles. The van der Waals surface area contributed by atoms with Gasteiger partial charge in [-0.05, 0) is 53.4 Å². The molecule has 2 rings (SSSR count). The number of hydrogen-bond acceptors (Lipinski definition) is 3. The van der Waals surface area contributed by atoms with E-state index in [1.807, 2.05) is 18.2 Å². The van der Waals surface area contributed by atoms with Crippen LogP contribution in [-0.4, -0.2) is 22.0 Å². The van der Waals surface area contributed by atoms with Crippen LogP contribution in [0.15, 0.2) is 27.6 Å². The third kappa shape index (κ3) is 3.42. The highest BCUT2D eigenvalue weighted by Crippen LogP contribution is 2.33. The van der Waals surface area contributed by atoms with Gasteiger partial charge in [-0.2, -0.15) is 0 Å². The number of ether oxygens (including phenoxy) is 1.